The van der Waals surface area contributed by atoms with Crippen LogP contribution in [0.2, 0.25) is 0 Å². The van der Waals surface area contributed by atoms with Gasteiger partial charge in [-0.3, -0.25) is 24.2 Å². The molecule has 0 spiro atoms. The summed E-state index contributed by atoms with van der Waals surface area (Å²) in [6, 6.07) is 12.7. The van der Waals surface area contributed by atoms with Crippen molar-refractivity contribution >= 4 is 50.1 Å². The Bertz CT molecular complexity index is 1270. The number of rotatable bonds is 8. The number of imide groups is 1. The molecule has 2 aliphatic rings. The molecule has 3 aromatic rings. The molecule has 0 atom stereocenters. The van der Waals surface area contributed by atoms with Gasteiger partial charge in [0.1, 0.15) is 5.75 Å². The third-order valence-electron chi connectivity index (χ3n) is 6.43. The Morgan fingerprint density at radius 3 is 2.58 bits per heavy atom. The molecule has 188 valence electrons. The number of carbonyl (C=O) groups excluding carboxylic acids is 3. The lowest BCUT2D eigenvalue weighted by Gasteiger charge is -2.34. The lowest BCUT2D eigenvalue weighted by Crippen LogP contribution is -2.48. The molecule has 0 saturated carbocycles. The Balaban J connectivity index is 1.10. The molecular weight excluding hydrogens is 478 g/mol. The highest BCUT2D eigenvalue weighted by atomic mass is 32.1. The van der Waals surface area contributed by atoms with E-state index < -0.39 is 0 Å². The van der Waals surface area contributed by atoms with Gasteiger partial charge in [-0.1, -0.05) is 17.4 Å². The van der Waals surface area contributed by atoms with Crippen molar-refractivity contribution in [3.8, 4) is 5.75 Å². The van der Waals surface area contributed by atoms with Crippen LogP contribution in [0, 0.1) is 0 Å². The summed E-state index contributed by atoms with van der Waals surface area (Å²) in [7, 11) is 0. The predicted molar refractivity (Wildman–Crippen MR) is 140 cm³/mol. The van der Waals surface area contributed by atoms with Gasteiger partial charge in [0.15, 0.2) is 5.13 Å². The fraction of sp³-hybridized carbons (Fsp3) is 0.385. The number of amides is 3. The maximum atomic E-state index is 12.7. The minimum atomic E-state index is -0.224. The maximum Gasteiger partial charge on any atom is 0.251 e. The van der Waals surface area contributed by atoms with Gasteiger partial charge in [0.2, 0.25) is 11.8 Å². The number of hydrogen-bond donors (Lipinski definition) is 1. The number of carbonyl (C=O) groups is 3. The minimum absolute atomic E-state index is 0.213. The second-order valence-corrected chi connectivity index (χ2v) is 9.83. The zero-order valence-electron chi connectivity index (χ0n) is 20.2. The Labute approximate surface area is 213 Å². The van der Waals surface area contributed by atoms with Crippen LogP contribution in [0.4, 0.5) is 10.8 Å². The van der Waals surface area contributed by atoms with Crippen molar-refractivity contribution in [1.29, 1.82) is 0 Å². The van der Waals surface area contributed by atoms with Gasteiger partial charge in [-0.15, -0.1) is 0 Å². The molecule has 0 unspecified atom stereocenters. The Morgan fingerprint density at radius 2 is 1.83 bits per heavy atom. The molecule has 2 fully saturated rings. The third kappa shape index (κ3) is 5.19. The quantitative estimate of drug-likeness (QED) is 0.469. The summed E-state index contributed by atoms with van der Waals surface area (Å²) >= 11 is 1.69. The molecule has 3 heterocycles. The molecule has 3 amide bonds. The highest BCUT2D eigenvalue weighted by Gasteiger charge is 2.30. The Morgan fingerprint density at radius 1 is 1.06 bits per heavy atom. The molecule has 1 aromatic heterocycles. The number of piperazine rings is 1. The van der Waals surface area contributed by atoms with Crippen LogP contribution < -0.4 is 19.9 Å². The van der Waals surface area contributed by atoms with Crippen molar-refractivity contribution in [1.82, 2.24) is 15.2 Å². The van der Waals surface area contributed by atoms with Gasteiger partial charge >= 0.3 is 0 Å². The average Bonchev–Trinajstić information content (AvgIpc) is 3.47. The Kier molecular flexibility index (Phi) is 7.15. The molecule has 2 aliphatic heterocycles. The summed E-state index contributed by atoms with van der Waals surface area (Å²) in [6.07, 6.45) is 0.437. The lowest BCUT2D eigenvalue weighted by atomic mass is 10.1. The second kappa shape index (κ2) is 10.6. The molecule has 0 bridgehead atoms. The zero-order valence-corrected chi connectivity index (χ0v) is 21.1. The fourth-order valence-corrected chi connectivity index (χ4v) is 5.57. The van der Waals surface area contributed by atoms with Gasteiger partial charge in [-0.05, 0) is 43.3 Å². The molecule has 2 saturated heterocycles. The molecule has 0 radical (unpaired) electrons. The van der Waals surface area contributed by atoms with E-state index >= 15 is 0 Å². The number of ether oxygens (including phenoxy) is 1. The van der Waals surface area contributed by atoms with E-state index in [0.29, 0.717) is 24.4 Å². The van der Waals surface area contributed by atoms with Gasteiger partial charge in [0.05, 0.1) is 22.5 Å². The molecule has 36 heavy (non-hydrogen) atoms. The molecule has 0 aliphatic carbocycles. The van der Waals surface area contributed by atoms with Crippen molar-refractivity contribution in [2.75, 3.05) is 55.7 Å². The van der Waals surface area contributed by atoms with E-state index in [4.69, 9.17) is 9.72 Å². The molecule has 5 rings (SSSR count). The molecule has 9 nitrogen and oxygen atoms in total. The number of nitrogens with one attached hydrogen (secondary N) is 1. The van der Waals surface area contributed by atoms with Crippen LogP contribution >= 0.6 is 11.3 Å². The molecule has 1 N–H and O–H groups in total. The maximum absolute atomic E-state index is 12.7. The van der Waals surface area contributed by atoms with Crippen molar-refractivity contribution in [3.05, 3.63) is 48.0 Å². The van der Waals surface area contributed by atoms with E-state index in [2.05, 4.69) is 21.2 Å². The van der Waals surface area contributed by atoms with Gasteiger partial charge in [0.25, 0.3) is 5.91 Å². The van der Waals surface area contributed by atoms with Crippen LogP contribution in [0.1, 0.15) is 30.1 Å². The zero-order chi connectivity index (χ0) is 25.1. The van der Waals surface area contributed by atoms with Gasteiger partial charge < -0.3 is 15.0 Å². The van der Waals surface area contributed by atoms with Crippen molar-refractivity contribution in [3.63, 3.8) is 0 Å². The molecular formula is C26H29N5O4S. The smallest absolute Gasteiger partial charge is 0.251 e. The van der Waals surface area contributed by atoms with E-state index in [0.717, 1.165) is 53.8 Å². The highest BCUT2D eigenvalue weighted by molar-refractivity contribution is 7.22. The van der Waals surface area contributed by atoms with Crippen molar-refractivity contribution in [2.45, 2.75) is 19.8 Å². The number of nitrogens with zero attached hydrogens (tertiary/aromatic N) is 4. The number of thiazole rings is 1. The van der Waals surface area contributed by atoms with E-state index in [1.807, 2.05) is 19.1 Å². The first kappa shape index (κ1) is 24.2. The average molecular weight is 508 g/mol. The monoisotopic (exact) mass is 507 g/mol. The SMILES string of the molecule is CCOc1ccc2nc(N3CCN(CCNC(=O)c4cccc(N5C(=O)CCC5=O)c4)CC3)sc2c1. The number of hydrogen-bond acceptors (Lipinski definition) is 8. The van der Waals surface area contributed by atoms with E-state index in [9.17, 15) is 14.4 Å². The molecule has 2 aromatic carbocycles. The van der Waals surface area contributed by atoms with Crippen LogP contribution in [0.25, 0.3) is 10.2 Å². The summed E-state index contributed by atoms with van der Waals surface area (Å²) in [5.74, 6) is 0.211. The van der Waals surface area contributed by atoms with Crippen molar-refractivity contribution in [2.24, 2.45) is 0 Å². The first-order chi connectivity index (χ1) is 17.5. The van der Waals surface area contributed by atoms with Crippen LogP contribution in [0.3, 0.4) is 0 Å². The predicted octanol–water partition coefficient (Wildman–Crippen LogP) is 2.90. The number of fused-ring (bicyclic) bond motifs is 1. The number of aromatic nitrogens is 1. The summed E-state index contributed by atoms with van der Waals surface area (Å²) in [5, 5.41) is 3.99. The summed E-state index contributed by atoms with van der Waals surface area (Å²) < 4.78 is 6.73. The van der Waals surface area contributed by atoms with E-state index in [-0.39, 0.29) is 30.6 Å². The summed E-state index contributed by atoms with van der Waals surface area (Å²) in [5.41, 5.74) is 1.88. The van der Waals surface area contributed by atoms with Crippen LogP contribution in [-0.4, -0.2) is 73.5 Å². The first-order valence-electron chi connectivity index (χ1n) is 12.3. The first-order valence-corrected chi connectivity index (χ1v) is 13.1. The van der Waals surface area contributed by atoms with Crippen LogP contribution in [0.15, 0.2) is 42.5 Å². The van der Waals surface area contributed by atoms with E-state index in [1.165, 1.54) is 4.90 Å². The van der Waals surface area contributed by atoms with Crippen LogP contribution in [-0.2, 0) is 9.59 Å². The van der Waals surface area contributed by atoms with Gasteiger partial charge in [0, 0.05) is 57.7 Å². The second-order valence-electron chi connectivity index (χ2n) is 8.82. The lowest BCUT2D eigenvalue weighted by molar-refractivity contribution is -0.121. The van der Waals surface area contributed by atoms with Gasteiger partial charge in [-0.2, -0.15) is 0 Å². The fourth-order valence-electron chi connectivity index (χ4n) is 4.53. The van der Waals surface area contributed by atoms with Gasteiger partial charge in [-0.25, -0.2) is 4.98 Å². The largest absolute Gasteiger partial charge is 0.494 e. The summed E-state index contributed by atoms with van der Waals surface area (Å²) in [4.78, 5) is 47.3. The van der Waals surface area contributed by atoms with Crippen molar-refractivity contribution < 1.29 is 19.1 Å². The normalized spacial score (nSPS) is 16.7. The van der Waals surface area contributed by atoms with Crippen LogP contribution in [0.5, 0.6) is 5.75 Å². The highest BCUT2D eigenvalue weighted by Crippen LogP contribution is 2.32. The standard InChI is InChI=1S/C26H29N5O4S/c1-2-35-20-6-7-21-22(17-20)36-26(28-21)30-14-12-29(13-15-30)11-10-27-25(34)18-4-3-5-19(16-18)31-23(32)8-9-24(31)33/h3-7,16-17H,2,8-15H2,1H3,(H,27,34). The molecule has 10 heteroatoms. The number of anilines is 2. The number of benzene rings is 2. The third-order valence-corrected chi connectivity index (χ3v) is 7.51. The topological polar surface area (TPSA) is 95.1 Å². The Hall–Kier alpha value is -3.50. The van der Waals surface area contributed by atoms with E-state index in [1.54, 1.807) is 35.6 Å². The minimum Gasteiger partial charge on any atom is -0.494 e. The summed E-state index contributed by atoms with van der Waals surface area (Å²) in [6.45, 7) is 7.44.